The fourth-order valence-electron chi connectivity index (χ4n) is 2.78. The number of amides is 4. The number of rotatable bonds is 6. The molecule has 124 valence electrons. The zero-order valence-corrected chi connectivity index (χ0v) is 13.8. The van der Waals surface area contributed by atoms with Crippen LogP contribution in [0.5, 0.6) is 0 Å². The summed E-state index contributed by atoms with van der Waals surface area (Å²) in [6, 6.07) is 8.50. The number of urea groups is 1. The van der Waals surface area contributed by atoms with Gasteiger partial charge in [0.25, 0.3) is 5.91 Å². The van der Waals surface area contributed by atoms with Crippen LogP contribution in [-0.2, 0) is 15.1 Å². The number of carbonyl (C=O) groups excluding carboxylic acids is 3. The monoisotopic (exact) mass is 317 g/mol. The van der Waals surface area contributed by atoms with Gasteiger partial charge in [-0.15, -0.1) is 0 Å². The summed E-state index contributed by atoms with van der Waals surface area (Å²) in [7, 11) is 0. The third kappa shape index (κ3) is 3.52. The molecule has 0 spiro atoms. The number of carbonyl (C=O) groups is 3. The lowest BCUT2D eigenvalue weighted by Gasteiger charge is -2.22. The Labute approximate surface area is 136 Å². The minimum absolute atomic E-state index is 0.0220. The predicted octanol–water partition coefficient (Wildman–Crippen LogP) is 1.76. The average molecular weight is 317 g/mol. The van der Waals surface area contributed by atoms with E-state index in [0.29, 0.717) is 5.56 Å². The summed E-state index contributed by atoms with van der Waals surface area (Å²) in [6.07, 6.45) is 1.81. The van der Waals surface area contributed by atoms with Gasteiger partial charge in [0.1, 0.15) is 12.1 Å². The number of imide groups is 1. The van der Waals surface area contributed by atoms with E-state index in [0.717, 1.165) is 17.7 Å². The van der Waals surface area contributed by atoms with Crippen molar-refractivity contribution in [1.29, 1.82) is 0 Å². The highest BCUT2D eigenvalue weighted by Gasteiger charge is 2.49. The van der Waals surface area contributed by atoms with Crippen LogP contribution in [0.2, 0.25) is 0 Å². The highest BCUT2D eigenvalue weighted by molar-refractivity contribution is 6.09. The second-order valence-corrected chi connectivity index (χ2v) is 6.07. The van der Waals surface area contributed by atoms with Gasteiger partial charge in [0.2, 0.25) is 5.91 Å². The van der Waals surface area contributed by atoms with Crippen LogP contribution in [0.4, 0.5) is 4.79 Å². The number of nitrogens with one attached hydrogen (secondary N) is 2. The highest BCUT2D eigenvalue weighted by Crippen LogP contribution is 2.28. The molecule has 2 rings (SSSR count). The van der Waals surface area contributed by atoms with E-state index in [1.165, 1.54) is 0 Å². The van der Waals surface area contributed by atoms with Gasteiger partial charge in [-0.05, 0) is 25.8 Å². The van der Waals surface area contributed by atoms with Crippen LogP contribution < -0.4 is 10.6 Å². The fraction of sp³-hybridized carbons (Fsp3) is 0.471. The molecule has 1 fully saturated rings. The summed E-state index contributed by atoms with van der Waals surface area (Å²) in [4.78, 5) is 37.8. The molecule has 6 heteroatoms. The van der Waals surface area contributed by atoms with Crippen LogP contribution >= 0.6 is 0 Å². The van der Waals surface area contributed by atoms with E-state index in [-0.39, 0.29) is 18.5 Å². The van der Waals surface area contributed by atoms with Gasteiger partial charge in [0.15, 0.2) is 0 Å². The van der Waals surface area contributed by atoms with Crippen LogP contribution in [-0.4, -0.2) is 35.3 Å². The zero-order valence-electron chi connectivity index (χ0n) is 13.8. The van der Waals surface area contributed by atoms with Crippen molar-refractivity contribution in [2.24, 2.45) is 0 Å². The summed E-state index contributed by atoms with van der Waals surface area (Å²) in [6.45, 7) is 5.33. The van der Waals surface area contributed by atoms with Gasteiger partial charge in [-0.3, -0.25) is 14.5 Å². The largest absolute Gasteiger partial charge is 0.352 e. The van der Waals surface area contributed by atoms with E-state index in [4.69, 9.17) is 0 Å². The first-order valence-electron chi connectivity index (χ1n) is 7.87. The smallest absolute Gasteiger partial charge is 0.325 e. The second kappa shape index (κ2) is 6.81. The van der Waals surface area contributed by atoms with Crippen molar-refractivity contribution in [3.63, 3.8) is 0 Å². The first-order valence-corrected chi connectivity index (χ1v) is 7.87. The highest BCUT2D eigenvalue weighted by atomic mass is 16.2. The molecule has 1 aliphatic rings. The van der Waals surface area contributed by atoms with Crippen molar-refractivity contribution in [2.45, 2.75) is 45.2 Å². The molecule has 0 aliphatic carbocycles. The van der Waals surface area contributed by atoms with Crippen molar-refractivity contribution in [2.75, 3.05) is 6.54 Å². The quantitative estimate of drug-likeness (QED) is 0.785. The van der Waals surface area contributed by atoms with E-state index < -0.39 is 17.5 Å². The molecule has 1 saturated heterocycles. The topological polar surface area (TPSA) is 78.5 Å². The Bertz CT molecular complexity index is 602. The van der Waals surface area contributed by atoms with Gasteiger partial charge in [-0.1, -0.05) is 43.7 Å². The molecule has 0 radical (unpaired) electrons. The number of benzene rings is 1. The third-order valence-corrected chi connectivity index (χ3v) is 4.06. The lowest BCUT2D eigenvalue weighted by atomic mass is 9.92. The molecule has 6 nitrogen and oxygen atoms in total. The van der Waals surface area contributed by atoms with Gasteiger partial charge in [-0.25, -0.2) is 4.79 Å². The van der Waals surface area contributed by atoms with E-state index >= 15 is 0 Å². The van der Waals surface area contributed by atoms with Crippen LogP contribution in [0.15, 0.2) is 30.3 Å². The summed E-state index contributed by atoms with van der Waals surface area (Å²) in [5.41, 5.74) is -0.436. The van der Waals surface area contributed by atoms with Crippen molar-refractivity contribution < 1.29 is 14.4 Å². The Kier molecular flexibility index (Phi) is 5.03. The van der Waals surface area contributed by atoms with Crippen molar-refractivity contribution >= 4 is 17.8 Å². The predicted molar refractivity (Wildman–Crippen MR) is 86.6 cm³/mol. The van der Waals surface area contributed by atoms with Crippen LogP contribution in [0.25, 0.3) is 0 Å². The van der Waals surface area contributed by atoms with Crippen molar-refractivity contribution in [1.82, 2.24) is 15.5 Å². The SMILES string of the molecule is CCC[C@H](C)NC(=O)CN1C(=O)N[C@](C)(c2ccccc2)C1=O. The Morgan fingerprint density at radius 2 is 1.96 bits per heavy atom. The molecule has 0 unspecified atom stereocenters. The second-order valence-electron chi connectivity index (χ2n) is 6.07. The molecule has 1 heterocycles. The van der Waals surface area contributed by atoms with Crippen molar-refractivity contribution in [3.05, 3.63) is 35.9 Å². The molecule has 23 heavy (non-hydrogen) atoms. The van der Waals surface area contributed by atoms with E-state index in [2.05, 4.69) is 10.6 Å². The van der Waals surface area contributed by atoms with E-state index in [9.17, 15) is 14.4 Å². The number of hydrogen-bond donors (Lipinski definition) is 2. The van der Waals surface area contributed by atoms with Crippen LogP contribution in [0.1, 0.15) is 39.2 Å². The normalized spacial score (nSPS) is 22.0. The number of nitrogens with zero attached hydrogens (tertiary/aromatic N) is 1. The maximum absolute atomic E-state index is 12.6. The molecule has 0 aromatic heterocycles. The first kappa shape index (κ1) is 17.0. The molecule has 1 aromatic rings. The lowest BCUT2D eigenvalue weighted by molar-refractivity contribution is -0.135. The lowest BCUT2D eigenvalue weighted by Crippen LogP contribution is -2.44. The summed E-state index contributed by atoms with van der Waals surface area (Å²) < 4.78 is 0. The molecular weight excluding hydrogens is 294 g/mol. The Balaban J connectivity index is 2.09. The number of hydrogen-bond acceptors (Lipinski definition) is 3. The molecule has 0 bridgehead atoms. The van der Waals surface area contributed by atoms with E-state index in [1.54, 1.807) is 19.1 Å². The van der Waals surface area contributed by atoms with Crippen molar-refractivity contribution in [3.8, 4) is 0 Å². The summed E-state index contributed by atoms with van der Waals surface area (Å²) in [5, 5.41) is 5.49. The van der Waals surface area contributed by atoms with Crippen LogP contribution in [0.3, 0.4) is 0 Å². The minimum Gasteiger partial charge on any atom is -0.352 e. The summed E-state index contributed by atoms with van der Waals surface area (Å²) in [5.74, 6) is -0.737. The average Bonchev–Trinajstić information content (AvgIpc) is 2.73. The van der Waals surface area contributed by atoms with Gasteiger partial charge >= 0.3 is 6.03 Å². The van der Waals surface area contributed by atoms with Gasteiger partial charge in [-0.2, -0.15) is 0 Å². The zero-order chi connectivity index (χ0) is 17.0. The molecule has 1 aliphatic heterocycles. The Morgan fingerprint density at radius 1 is 1.30 bits per heavy atom. The fourth-order valence-corrected chi connectivity index (χ4v) is 2.78. The Morgan fingerprint density at radius 3 is 2.57 bits per heavy atom. The molecule has 2 atom stereocenters. The minimum atomic E-state index is -1.13. The van der Waals surface area contributed by atoms with E-state index in [1.807, 2.05) is 32.0 Å². The maximum Gasteiger partial charge on any atom is 0.325 e. The van der Waals surface area contributed by atoms with Gasteiger partial charge in [0, 0.05) is 6.04 Å². The molecule has 2 N–H and O–H groups in total. The first-order chi connectivity index (χ1) is 10.9. The summed E-state index contributed by atoms with van der Waals surface area (Å²) >= 11 is 0. The standard InChI is InChI=1S/C17H23N3O3/c1-4-8-12(2)18-14(21)11-20-15(22)17(3,19-16(20)23)13-9-6-5-7-10-13/h5-7,9-10,12H,4,8,11H2,1-3H3,(H,18,21)(H,19,23)/t12-,17+/m0/s1. The van der Waals surface area contributed by atoms with Crippen LogP contribution in [0, 0.1) is 0 Å². The van der Waals surface area contributed by atoms with Gasteiger partial charge in [0.05, 0.1) is 0 Å². The molecule has 4 amide bonds. The molecular formula is C17H23N3O3. The maximum atomic E-state index is 12.6. The van der Waals surface area contributed by atoms with Gasteiger partial charge < -0.3 is 10.6 Å². The molecule has 0 saturated carbocycles. The Hall–Kier alpha value is -2.37. The third-order valence-electron chi connectivity index (χ3n) is 4.06. The molecule has 1 aromatic carbocycles.